The van der Waals surface area contributed by atoms with E-state index in [2.05, 4.69) is 16.0 Å². The van der Waals surface area contributed by atoms with E-state index in [1.807, 2.05) is 33.0 Å². The van der Waals surface area contributed by atoms with Gasteiger partial charge < -0.3 is 14.5 Å². The van der Waals surface area contributed by atoms with Crippen molar-refractivity contribution < 1.29 is 14.3 Å². The van der Waals surface area contributed by atoms with Crippen LogP contribution in [0, 0.1) is 0 Å². The minimum Gasteiger partial charge on any atom is -0.444 e. The Labute approximate surface area is 154 Å². The number of aryl methyl sites for hydroxylation is 1. The zero-order chi connectivity index (χ0) is 18.9. The number of ketones is 1. The van der Waals surface area contributed by atoms with E-state index < -0.39 is 5.60 Å². The summed E-state index contributed by atoms with van der Waals surface area (Å²) in [6.07, 6.45) is 5.22. The first-order chi connectivity index (χ1) is 12.2. The van der Waals surface area contributed by atoms with Crippen molar-refractivity contribution in [1.29, 1.82) is 0 Å². The fraction of sp³-hybridized carbons (Fsp3) is 0.550. The molecular formula is C20H27N3O3. The Balaban J connectivity index is 1.64. The molecule has 1 aromatic heterocycles. The number of rotatable bonds is 2. The summed E-state index contributed by atoms with van der Waals surface area (Å²) in [6.45, 7) is 9.98. The van der Waals surface area contributed by atoms with Gasteiger partial charge in [-0.1, -0.05) is 0 Å². The number of pyridine rings is 1. The lowest BCUT2D eigenvalue weighted by Gasteiger charge is -2.36. The van der Waals surface area contributed by atoms with Crippen molar-refractivity contribution in [1.82, 2.24) is 9.88 Å². The van der Waals surface area contributed by atoms with Crippen LogP contribution >= 0.6 is 0 Å². The van der Waals surface area contributed by atoms with Crippen LogP contribution in [0.2, 0.25) is 0 Å². The SMILES string of the molecule is CC(=O)C1=Cc2cnc(N3CCN(C(=O)OC(C)(C)C)CC3)cc2CC1. The van der Waals surface area contributed by atoms with Gasteiger partial charge in [0, 0.05) is 32.4 Å². The van der Waals surface area contributed by atoms with Crippen molar-refractivity contribution in [2.45, 2.75) is 46.1 Å². The third kappa shape index (κ3) is 4.23. The topological polar surface area (TPSA) is 62.7 Å². The van der Waals surface area contributed by atoms with Gasteiger partial charge in [0.25, 0.3) is 0 Å². The van der Waals surface area contributed by atoms with Crippen LogP contribution in [0.25, 0.3) is 6.08 Å². The number of piperazine rings is 1. The number of allylic oxidation sites excluding steroid dienone is 1. The number of amides is 1. The number of fused-ring (bicyclic) bond motifs is 1. The first-order valence-electron chi connectivity index (χ1n) is 9.16. The number of nitrogens with zero attached hydrogens (tertiary/aromatic N) is 3. The predicted octanol–water partition coefficient (Wildman–Crippen LogP) is 3.06. The van der Waals surface area contributed by atoms with Gasteiger partial charge in [-0.2, -0.15) is 0 Å². The van der Waals surface area contributed by atoms with Gasteiger partial charge in [0.05, 0.1) is 0 Å². The molecular weight excluding hydrogens is 330 g/mol. The van der Waals surface area contributed by atoms with Crippen molar-refractivity contribution in [3.05, 3.63) is 29.0 Å². The maximum atomic E-state index is 12.2. The van der Waals surface area contributed by atoms with Gasteiger partial charge in [-0.15, -0.1) is 0 Å². The molecule has 1 aromatic rings. The van der Waals surface area contributed by atoms with Gasteiger partial charge in [-0.3, -0.25) is 4.79 Å². The molecule has 1 fully saturated rings. The van der Waals surface area contributed by atoms with Crippen LogP contribution < -0.4 is 4.90 Å². The standard InChI is InChI=1S/C20H27N3O3/c1-14(24)15-5-6-16-12-18(21-13-17(16)11-15)22-7-9-23(10-8-22)19(25)26-20(2,3)4/h11-13H,5-10H2,1-4H3. The molecule has 6 heteroatoms. The molecule has 1 aliphatic heterocycles. The second-order valence-corrected chi connectivity index (χ2v) is 7.92. The number of aromatic nitrogens is 1. The van der Waals surface area contributed by atoms with E-state index >= 15 is 0 Å². The zero-order valence-electron chi connectivity index (χ0n) is 16.0. The molecule has 0 bridgehead atoms. The van der Waals surface area contributed by atoms with Gasteiger partial charge in [-0.05, 0) is 69.4 Å². The highest BCUT2D eigenvalue weighted by Gasteiger charge is 2.26. The van der Waals surface area contributed by atoms with Gasteiger partial charge >= 0.3 is 6.09 Å². The molecule has 1 saturated heterocycles. The first kappa shape index (κ1) is 18.4. The van der Waals surface area contributed by atoms with Crippen LogP contribution in [0.1, 0.15) is 45.2 Å². The maximum Gasteiger partial charge on any atom is 0.410 e. The van der Waals surface area contributed by atoms with Gasteiger partial charge in [0.2, 0.25) is 0 Å². The first-order valence-corrected chi connectivity index (χ1v) is 9.16. The Bertz CT molecular complexity index is 741. The van der Waals surface area contributed by atoms with E-state index in [-0.39, 0.29) is 11.9 Å². The molecule has 3 rings (SSSR count). The second kappa shape index (κ2) is 7.09. The van der Waals surface area contributed by atoms with Crippen molar-refractivity contribution >= 4 is 23.8 Å². The van der Waals surface area contributed by atoms with Crippen LogP contribution in [-0.2, 0) is 16.0 Å². The summed E-state index contributed by atoms with van der Waals surface area (Å²) in [5.41, 5.74) is 2.67. The molecule has 0 aromatic carbocycles. The third-order valence-electron chi connectivity index (χ3n) is 4.71. The van der Waals surface area contributed by atoms with E-state index in [9.17, 15) is 9.59 Å². The number of carbonyl (C=O) groups excluding carboxylic acids is 2. The van der Waals surface area contributed by atoms with Crippen molar-refractivity contribution in [3.8, 4) is 0 Å². The molecule has 0 radical (unpaired) electrons. The van der Waals surface area contributed by atoms with Gasteiger partial charge in [-0.25, -0.2) is 9.78 Å². The summed E-state index contributed by atoms with van der Waals surface area (Å²) in [6, 6.07) is 2.12. The molecule has 0 unspecified atom stereocenters. The van der Waals surface area contributed by atoms with Crippen molar-refractivity contribution in [2.75, 3.05) is 31.1 Å². The summed E-state index contributed by atoms with van der Waals surface area (Å²) < 4.78 is 5.44. The summed E-state index contributed by atoms with van der Waals surface area (Å²) in [4.78, 5) is 32.3. The molecule has 6 nitrogen and oxygen atoms in total. The molecule has 0 N–H and O–H groups in total. The average molecular weight is 357 g/mol. The molecule has 2 heterocycles. The van der Waals surface area contributed by atoms with E-state index in [0.717, 1.165) is 42.9 Å². The zero-order valence-corrected chi connectivity index (χ0v) is 16.0. The number of hydrogen-bond acceptors (Lipinski definition) is 5. The average Bonchev–Trinajstić information content (AvgIpc) is 2.59. The fourth-order valence-corrected chi connectivity index (χ4v) is 3.27. The fourth-order valence-electron chi connectivity index (χ4n) is 3.27. The van der Waals surface area contributed by atoms with Crippen LogP contribution in [0.4, 0.5) is 10.6 Å². The molecule has 0 atom stereocenters. The quantitative estimate of drug-likeness (QED) is 0.814. The minimum atomic E-state index is -0.472. The van der Waals surface area contributed by atoms with Crippen LogP contribution in [0.3, 0.4) is 0 Å². The summed E-state index contributed by atoms with van der Waals surface area (Å²) in [7, 11) is 0. The lowest BCUT2D eigenvalue weighted by molar-refractivity contribution is -0.113. The molecule has 26 heavy (non-hydrogen) atoms. The lowest BCUT2D eigenvalue weighted by atomic mass is 9.92. The molecule has 1 aliphatic carbocycles. The Morgan fingerprint density at radius 3 is 2.42 bits per heavy atom. The number of hydrogen-bond donors (Lipinski definition) is 0. The van der Waals surface area contributed by atoms with Crippen molar-refractivity contribution in [3.63, 3.8) is 0 Å². The highest BCUT2D eigenvalue weighted by atomic mass is 16.6. The molecule has 140 valence electrons. The Morgan fingerprint density at radius 2 is 1.81 bits per heavy atom. The smallest absolute Gasteiger partial charge is 0.410 e. The summed E-state index contributed by atoms with van der Waals surface area (Å²) >= 11 is 0. The van der Waals surface area contributed by atoms with E-state index in [4.69, 9.17) is 4.74 Å². The monoisotopic (exact) mass is 357 g/mol. The van der Waals surface area contributed by atoms with E-state index in [1.165, 1.54) is 5.56 Å². The van der Waals surface area contributed by atoms with E-state index in [0.29, 0.717) is 13.1 Å². The number of Topliss-reactive ketones (excluding diaryl/α,β-unsaturated/α-hetero) is 1. The molecule has 0 spiro atoms. The molecule has 0 saturated carbocycles. The van der Waals surface area contributed by atoms with E-state index in [1.54, 1.807) is 11.8 Å². The Kier molecular flexibility index (Phi) is 5.03. The highest BCUT2D eigenvalue weighted by molar-refractivity contribution is 5.98. The van der Waals surface area contributed by atoms with Crippen molar-refractivity contribution in [2.24, 2.45) is 0 Å². The Morgan fingerprint density at radius 1 is 1.12 bits per heavy atom. The number of carbonyl (C=O) groups is 2. The lowest BCUT2D eigenvalue weighted by Crippen LogP contribution is -2.50. The molecule has 1 amide bonds. The van der Waals surface area contributed by atoms with Crippen LogP contribution in [0.5, 0.6) is 0 Å². The third-order valence-corrected chi connectivity index (χ3v) is 4.71. The largest absolute Gasteiger partial charge is 0.444 e. The maximum absolute atomic E-state index is 12.2. The van der Waals surface area contributed by atoms with Crippen LogP contribution in [0.15, 0.2) is 17.8 Å². The highest BCUT2D eigenvalue weighted by Crippen LogP contribution is 2.27. The summed E-state index contributed by atoms with van der Waals surface area (Å²) in [5, 5.41) is 0. The predicted molar refractivity (Wildman–Crippen MR) is 101 cm³/mol. The second-order valence-electron chi connectivity index (χ2n) is 7.92. The number of anilines is 1. The molecule has 2 aliphatic rings. The van der Waals surface area contributed by atoms with Crippen LogP contribution in [-0.4, -0.2) is 53.5 Å². The van der Waals surface area contributed by atoms with Gasteiger partial charge in [0.1, 0.15) is 11.4 Å². The van der Waals surface area contributed by atoms with Gasteiger partial charge in [0.15, 0.2) is 5.78 Å². The summed E-state index contributed by atoms with van der Waals surface area (Å²) in [5.74, 6) is 1.07. The minimum absolute atomic E-state index is 0.137. The Hall–Kier alpha value is -2.37. The normalized spacial score (nSPS) is 17.5. The number of ether oxygens (including phenoxy) is 1.